The van der Waals surface area contributed by atoms with Crippen LogP contribution in [0.5, 0.6) is 0 Å². The Morgan fingerprint density at radius 2 is 0.662 bits per heavy atom. The van der Waals surface area contributed by atoms with Gasteiger partial charge in [-0.25, -0.2) is 4.98 Å². The molecular weight excluding hydrogens is 827 g/mol. The lowest BCUT2D eigenvalue weighted by Gasteiger charge is -2.14. The van der Waals surface area contributed by atoms with E-state index in [0.29, 0.717) is 17.6 Å². The summed E-state index contributed by atoms with van der Waals surface area (Å²) in [5.74, 6) is 1.74. The van der Waals surface area contributed by atoms with E-state index in [1.54, 1.807) is 0 Å². The summed E-state index contributed by atoms with van der Waals surface area (Å²) in [6.07, 6.45) is 0. The molecule has 0 radical (unpaired) electrons. The van der Waals surface area contributed by atoms with Crippen molar-refractivity contribution in [2.75, 3.05) is 0 Å². The van der Waals surface area contributed by atoms with Crippen LogP contribution in [-0.2, 0) is 0 Å². The number of aromatic nitrogens is 5. The van der Waals surface area contributed by atoms with Gasteiger partial charge in [0.2, 0.25) is 5.95 Å². The van der Waals surface area contributed by atoms with Crippen LogP contribution in [0, 0.1) is 0 Å². The molecule has 10 aromatic carbocycles. The van der Waals surface area contributed by atoms with Gasteiger partial charge in [-0.05, 0) is 81.4 Å². The van der Waals surface area contributed by atoms with E-state index < -0.39 is 0 Å². The van der Waals surface area contributed by atoms with Crippen molar-refractivity contribution in [3.05, 3.63) is 249 Å². The molecule has 0 fully saturated rings. The Balaban J connectivity index is 1.03. The summed E-state index contributed by atoms with van der Waals surface area (Å²) in [7, 11) is 0. The first-order valence-electron chi connectivity index (χ1n) is 23.0. The van der Waals surface area contributed by atoms with Gasteiger partial charge in [0.15, 0.2) is 11.6 Å². The highest BCUT2D eigenvalue weighted by Gasteiger charge is 2.22. The van der Waals surface area contributed by atoms with E-state index in [0.717, 1.165) is 77.5 Å². The number of hydrogen-bond acceptors (Lipinski definition) is 3. The van der Waals surface area contributed by atoms with E-state index in [1.165, 1.54) is 27.5 Å². The lowest BCUT2D eigenvalue weighted by atomic mass is 9.98. The van der Waals surface area contributed by atoms with Crippen LogP contribution in [0.15, 0.2) is 249 Å². The molecule has 13 rings (SSSR count). The maximum Gasteiger partial charge on any atom is 0.238 e. The largest absolute Gasteiger partial charge is 0.309 e. The van der Waals surface area contributed by atoms with Gasteiger partial charge in [0.1, 0.15) is 0 Å². The van der Waals surface area contributed by atoms with E-state index in [-0.39, 0.29) is 0 Å². The molecule has 0 spiro atoms. The summed E-state index contributed by atoms with van der Waals surface area (Å²) < 4.78 is 4.65. The maximum atomic E-state index is 5.40. The fraction of sp³-hybridized carbons (Fsp3) is 0. The fourth-order valence-electron chi connectivity index (χ4n) is 9.95. The first-order valence-corrected chi connectivity index (χ1v) is 23.0. The highest BCUT2D eigenvalue weighted by Crippen LogP contribution is 2.41. The van der Waals surface area contributed by atoms with Gasteiger partial charge in [-0.2, -0.15) is 9.97 Å². The topological polar surface area (TPSA) is 48.5 Å². The molecule has 3 heterocycles. The van der Waals surface area contributed by atoms with Crippen molar-refractivity contribution in [2.45, 2.75) is 0 Å². The van der Waals surface area contributed by atoms with Gasteiger partial charge in [-0.15, -0.1) is 0 Å². The van der Waals surface area contributed by atoms with Gasteiger partial charge in [0.05, 0.1) is 27.8 Å². The van der Waals surface area contributed by atoms with Crippen LogP contribution in [0.25, 0.3) is 123 Å². The molecule has 0 saturated carbocycles. The maximum absolute atomic E-state index is 5.40. The molecule has 0 unspecified atom stereocenters. The van der Waals surface area contributed by atoms with Gasteiger partial charge in [-0.3, -0.25) is 4.57 Å². The molecule has 0 amide bonds. The van der Waals surface area contributed by atoms with Crippen molar-refractivity contribution in [1.29, 1.82) is 0 Å². The third-order valence-electron chi connectivity index (χ3n) is 13.2. The summed E-state index contributed by atoms with van der Waals surface area (Å²) >= 11 is 0. The van der Waals surface area contributed by atoms with E-state index in [2.05, 4.69) is 252 Å². The zero-order chi connectivity index (χ0) is 45.0. The molecule has 0 N–H and O–H groups in total. The molecule has 0 saturated heterocycles. The highest BCUT2D eigenvalue weighted by molar-refractivity contribution is 6.19. The number of nitrogens with zero attached hydrogens (tertiary/aromatic N) is 5. The van der Waals surface area contributed by atoms with E-state index in [1.807, 2.05) is 6.07 Å². The SMILES string of the molecule is c1ccc(-c2cccc(-c3ccc(-c4nc(-c5cccc(-c6ccccc6)c5)nc(-n5c6ccccc6c6cc7c8ccccc8n(-c8ccccc8-c8ccccc8)c7cc65)n4)cc3)c2)cc1. The quantitative estimate of drug-likeness (QED) is 0.153. The van der Waals surface area contributed by atoms with Crippen LogP contribution in [0.1, 0.15) is 0 Å². The number of rotatable bonds is 8. The zero-order valence-electron chi connectivity index (χ0n) is 36.9. The van der Waals surface area contributed by atoms with Crippen molar-refractivity contribution < 1.29 is 0 Å². The molecule has 13 aromatic rings. The number of hydrogen-bond donors (Lipinski definition) is 0. The van der Waals surface area contributed by atoms with Gasteiger partial charge in [0, 0.05) is 38.2 Å². The Labute approximate surface area is 393 Å². The normalized spacial score (nSPS) is 11.5. The third-order valence-corrected chi connectivity index (χ3v) is 13.2. The van der Waals surface area contributed by atoms with Crippen molar-refractivity contribution in [3.8, 4) is 78.9 Å². The second-order valence-electron chi connectivity index (χ2n) is 17.2. The van der Waals surface area contributed by atoms with Gasteiger partial charge < -0.3 is 4.57 Å². The first kappa shape index (κ1) is 39.2. The average Bonchev–Trinajstić information content (AvgIpc) is 3.92. The summed E-state index contributed by atoms with van der Waals surface area (Å²) in [5, 5.41) is 4.64. The van der Waals surface area contributed by atoms with Crippen LogP contribution < -0.4 is 0 Å². The molecule has 5 nitrogen and oxygen atoms in total. The minimum absolute atomic E-state index is 0.549. The number of para-hydroxylation sites is 3. The van der Waals surface area contributed by atoms with E-state index >= 15 is 0 Å². The molecule has 3 aromatic heterocycles. The Kier molecular flexibility index (Phi) is 9.43. The molecule has 5 heteroatoms. The molecule has 318 valence electrons. The summed E-state index contributed by atoms with van der Waals surface area (Å²) in [5.41, 5.74) is 16.4. The number of fused-ring (bicyclic) bond motifs is 6. The van der Waals surface area contributed by atoms with Gasteiger partial charge in [0.25, 0.3) is 0 Å². The molecule has 0 bridgehead atoms. The first-order chi connectivity index (χ1) is 33.7. The van der Waals surface area contributed by atoms with E-state index in [4.69, 9.17) is 15.0 Å². The molecule has 0 aliphatic carbocycles. The minimum atomic E-state index is 0.549. The number of benzene rings is 10. The van der Waals surface area contributed by atoms with Crippen LogP contribution in [-0.4, -0.2) is 24.1 Å². The summed E-state index contributed by atoms with van der Waals surface area (Å²) in [6.45, 7) is 0. The zero-order valence-corrected chi connectivity index (χ0v) is 36.9. The van der Waals surface area contributed by atoms with Gasteiger partial charge >= 0.3 is 0 Å². The minimum Gasteiger partial charge on any atom is -0.309 e. The second-order valence-corrected chi connectivity index (χ2v) is 17.2. The van der Waals surface area contributed by atoms with Crippen LogP contribution in [0.4, 0.5) is 0 Å². The Hall–Kier alpha value is -9.19. The second kappa shape index (κ2) is 16.4. The molecule has 0 aliphatic rings. The van der Waals surface area contributed by atoms with Crippen molar-refractivity contribution in [1.82, 2.24) is 24.1 Å². The van der Waals surface area contributed by atoms with Gasteiger partial charge in [-0.1, -0.05) is 206 Å². The summed E-state index contributed by atoms with van der Waals surface area (Å²) in [4.78, 5) is 16.1. The third kappa shape index (κ3) is 6.76. The lowest BCUT2D eigenvalue weighted by molar-refractivity contribution is 0.953. The summed E-state index contributed by atoms with van der Waals surface area (Å²) in [6, 6.07) is 88.2. The molecule has 68 heavy (non-hydrogen) atoms. The lowest BCUT2D eigenvalue weighted by Crippen LogP contribution is -2.06. The highest BCUT2D eigenvalue weighted by atomic mass is 15.2. The van der Waals surface area contributed by atoms with Crippen molar-refractivity contribution >= 4 is 43.6 Å². The van der Waals surface area contributed by atoms with Crippen LogP contribution >= 0.6 is 0 Å². The predicted molar refractivity (Wildman–Crippen MR) is 281 cm³/mol. The predicted octanol–water partition coefficient (Wildman–Crippen LogP) is 16.1. The Bertz CT molecular complexity index is 4000. The van der Waals surface area contributed by atoms with Crippen LogP contribution in [0.2, 0.25) is 0 Å². The molecule has 0 atom stereocenters. The standard InChI is InChI=1S/C63H41N5/c1-4-18-42(19-5-1)47-24-16-25-48(38-47)44-34-36-46(37-35-44)61-64-62(50-27-17-26-49(39-50)43-20-6-2-7-21-43)66-63(65-61)68-58-33-15-12-30-53(58)55-40-54-52-29-11-14-32-57(52)67(59(54)41-60(55)68)56-31-13-10-28-51(56)45-22-8-3-9-23-45/h1-41H. The Morgan fingerprint density at radius 1 is 0.235 bits per heavy atom. The average molecular weight is 868 g/mol. The monoisotopic (exact) mass is 867 g/mol. The van der Waals surface area contributed by atoms with E-state index in [9.17, 15) is 0 Å². The van der Waals surface area contributed by atoms with Crippen molar-refractivity contribution in [3.63, 3.8) is 0 Å². The Morgan fingerprint density at radius 3 is 1.28 bits per heavy atom. The van der Waals surface area contributed by atoms with Crippen molar-refractivity contribution in [2.24, 2.45) is 0 Å². The van der Waals surface area contributed by atoms with Crippen LogP contribution in [0.3, 0.4) is 0 Å². The molecular formula is C63H41N5. The molecule has 0 aliphatic heterocycles. The smallest absolute Gasteiger partial charge is 0.238 e. The fourth-order valence-corrected chi connectivity index (χ4v) is 9.95.